The molecule has 118 valence electrons. The molecular weight excluding hydrogens is 358 g/mol. The Hall–Kier alpha value is -0.760. The molecule has 0 aliphatic heterocycles. The molecule has 0 radical (unpaired) electrons. The fraction of sp³-hybridized carbons (Fsp3) is 0.357. The molecule has 1 amide bonds. The summed E-state index contributed by atoms with van der Waals surface area (Å²) in [5.74, 6) is 1.37. The van der Waals surface area contributed by atoms with Crippen LogP contribution in [0.5, 0.6) is 0 Å². The molecule has 22 heavy (non-hydrogen) atoms. The third kappa shape index (κ3) is 6.16. The van der Waals surface area contributed by atoms with E-state index in [-0.39, 0.29) is 5.91 Å². The summed E-state index contributed by atoms with van der Waals surface area (Å²) in [6.45, 7) is 2.64. The van der Waals surface area contributed by atoms with Gasteiger partial charge in [0, 0.05) is 17.3 Å². The minimum atomic E-state index is -0.0158. The normalized spacial score (nSPS) is 10.6. The second-order valence-electron chi connectivity index (χ2n) is 4.37. The van der Waals surface area contributed by atoms with Gasteiger partial charge in [0.25, 0.3) is 0 Å². The second-order valence-corrected chi connectivity index (χ2v) is 8.35. The summed E-state index contributed by atoms with van der Waals surface area (Å²) >= 11 is 10.5. The third-order valence-corrected chi connectivity index (χ3v) is 6.19. The number of carbonyl (C=O) groups excluding carboxylic acids is 1. The lowest BCUT2D eigenvalue weighted by atomic mass is 10.2. The number of rotatable bonds is 8. The highest BCUT2D eigenvalue weighted by Gasteiger charge is 2.08. The van der Waals surface area contributed by atoms with Crippen LogP contribution in [0.1, 0.15) is 18.9 Å². The van der Waals surface area contributed by atoms with Gasteiger partial charge >= 0.3 is 0 Å². The zero-order valence-corrected chi connectivity index (χ0v) is 15.2. The van der Waals surface area contributed by atoms with E-state index in [0.29, 0.717) is 17.3 Å². The van der Waals surface area contributed by atoms with E-state index in [1.165, 1.54) is 23.1 Å². The van der Waals surface area contributed by atoms with Gasteiger partial charge in [-0.05, 0) is 24.1 Å². The monoisotopic (exact) mass is 373 g/mol. The van der Waals surface area contributed by atoms with Gasteiger partial charge < -0.3 is 5.32 Å². The molecule has 1 heterocycles. The van der Waals surface area contributed by atoms with Gasteiger partial charge in [0.15, 0.2) is 8.68 Å². The van der Waals surface area contributed by atoms with Crippen molar-refractivity contribution in [2.45, 2.75) is 28.6 Å². The summed E-state index contributed by atoms with van der Waals surface area (Å²) in [6.07, 6.45) is 1.11. The van der Waals surface area contributed by atoms with Crippen LogP contribution in [-0.4, -0.2) is 27.6 Å². The summed E-state index contributed by atoms with van der Waals surface area (Å²) in [4.78, 5) is 11.8. The van der Waals surface area contributed by atoms with Crippen molar-refractivity contribution >= 4 is 52.4 Å². The quantitative estimate of drug-likeness (QED) is 0.706. The molecule has 1 aromatic carbocycles. The number of hydrogen-bond donors (Lipinski definition) is 1. The summed E-state index contributed by atoms with van der Waals surface area (Å²) in [5.41, 5.74) is 1.02. The molecule has 1 N–H and O–H groups in total. The minimum absolute atomic E-state index is 0.0158. The van der Waals surface area contributed by atoms with Crippen molar-refractivity contribution in [1.29, 1.82) is 0 Å². The van der Waals surface area contributed by atoms with Gasteiger partial charge in [-0.15, -0.1) is 10.2 Å². The van der Waals surface area contributed by atoms with E-state index in [4.69, 9.17) is 11.6 Å². The Kier molecular flexibility index (Phi) is 7.51. The van der Waals surface area contributed by atoms with Crippen molar-refractivity contribution in [2.75, 3.05) is 11.5 Å². The summed E-state index contributed by atoms with van der Waals surface area (Å²) in [7, 11) is 0. The maximum Gasteiger partial charge on any atom is 0.230 e. The van der Waals surface area contributed by atoms with E-state index in [1.54, 1.807) is 11.8 Å². The number of benzene rings is 1. The third-order valence-electron chi connectivity index (χ3n) is 2.55. The topological polar surface area (TPSA) is 54.9 Å². The van der Waals surface area contributed by atoms with Gasteiger partial charge in [-0.1, -0.05) is 65.5 Å². The number of halogens is 1. The number of hydrogen-bond acceptors (Lipinski definition) is 6. The Morgan fingerprint density at radius 2 is 1.91 bits per heavy atom. The molecule has 8 heteroatoms. The number of thioether (sulfide) groups is 2. The van der Waals surface area contributed by atoms with Crippen LogP contribution in [0.25, 0.3) is 0 Å². The molecule has 0 bridgehead atoms. The lowest BCUT2D eigenvalue weighted by Gasteiger charge is -2.04. The van der Waals surface area contributed by atoms with Crippen LogP contribution in [0.15, 0.2) is 32.9 Å². The smallest absolute Gasteiger partial charge is 0.230 e. The average Bonchev–Trinajstić information content (AvgIpc) is 2.98. The predicted octanol–water partition coefficient (Wildman–Crippen LogP) is 4.10. The average molecular weight is 374 g/mol. The summed E-state index contributed by atoms with van der Waals surface area (Å²) in [5, 5.41) is 11.8. The van der Waals surface area contributed by atoms with Gasteiger partial charge in [-0.3, -0.25) is 4.79 Å². The van der Waals surface area contributed by atoms with Crippen molar-refractivity contribution in [2.24, 2.45) is 0 Å². The number of nitrogens with one attached hydrogen (secondary N) is 1. The largest absolute Gasteiger partial charge is 0.351 e. The van der Waals surface area contributed by atoms with Crippen LogP contribution in [0.4, 0.5) is 0 Å². The highest BCUT2D eigenvalue weighted by atomic mass is 35.5. The first-order valence-electron chi connectivity index (χ1n) is 6.77. The zero-order valence-electron chi connectivity index (χ0n) is 12.0. The Balaban J connectivity index is 1.71. The molecule has 0 unspecified atom stereocenters. The molecule has 1 aromatic heterocycles. The molecule has 2 aromatic rings. The van der Waals surface area contributed by atoms with E-state index < -0.39 is 0 Å². The first-order valence-corrected chi connectivity index (χ1v) is 9.94. The molecule has 0 atom stereocenters. The predicted molar refractivity (Wildman–Crippen MR) is 94.9 cm³/mol. The van der Waals surface area contributed by atoms with Crippen molar-refractivity contribution in [3.63, 3.8) is 0 Å². The zero-order chi connectivity index (χ0) is 15.8. The molecular formula is C14H16ClN3OS3. The number of carbonyl (C=O) groups is 1. The number of amides is 1. The Morgan fingerprint density at radius 1 is 1.23 bits per heavy atom. The van der Waals surface area contributed by atoms with Crippen LogP contribution in [0.2, 0.25) is 5.02 Å². The molecule has 0 saturated heterocycles. The van der Waals surface area contributed by atoms with Gasteiger partial charge in [-0.2, -0.15) is 0 Å². The van der Waals surface area contributed by atoms with E-state index in [0.717, 1.165) is 26.4 Å². The maximum absolute atomic E-state index is 11.8. The Morgan fingerprint density at radius 3 is 2.59 bits per heavy atom. The van der Waals surface area contributed by atoms with Crippen LogP contribution < -0.4 is 5.32 Å². The van der Waals surface area contributed by atoms with Crippen LogP contribution in [-0.2, 0) is 11.3 Å². The lowest BCUT2D eigenvalue weighted by molar-refractivity contribution is -0.118. The number of aromatic nitrogens is 2. The van der Waals surface area contributed by atoms with Crippen LogP contribution >= 0.6 is 46.5 Å². The van der Waals surface area contributed by atoms with Crippen molar-refractivity contribution in [3.05, 3.63) is 34.9 Å². The molecule has 0 aliphatic rings. The van der Waals surface area contributed by atoms with Gasteiger partial charge in [0.2, 0.25) is 5.91 Å². The Bertz CT molecular complexity index is 604. The second kappa shape index (κ2) is 9.39. The molecule has 4 nitrogen and oxygen atoms in total. The first-order chi connectivity index (χ1) is 10.7. The van der Waals surface area contributed by atoms with E-state index in [9.17, 15) is 4.79 Å². The first kappa shape index (κ1) is 17.6. The number of nitrogens with zero attached hydrogens (tertiary/aromatic N) is 2. The van der Waals surface area contributed by atoms with Gasteiger partial charge in [0.05, 0.1) is 5.75 Å². The fourth-order valence-corrected chi connectivity index (χ4v) is 4.39. The molecule has 0 spiro atoms. The van der Waals surface area contributed by atoms with Gasteiger partial charge in [0.1, 0.15) is 0 Å². The Labute approximate surface area is 147 Å². The van der Waals surface area contributed by atoms with Crippen molar-refractivity contribution < 1.29 is 4.79 Å². The van der Waals surface area contributed by atoms with E-state index >= 15 is 0 Å². The molecule has 2 rings (SSSR count). The SMILES string of the molecule is CCCSc1nnc(SCC(=O)NCc2ccc(Cl)cc2)s1. The van der Waals surface area contributed by atoms with Crippen molar-refractivity contribution in [3.8, 4) is 0 Å². The van der Waals surface area contributed by atoms with Gasteiger partial charge in [-0.25, -0.2) is 0 Å². The molecule has 0 saturated carbocycles. The van der Waals surface area contributed by atoms with E-state index in [1.807, 2.05) is 24.3 Å². The standard InChI is InChI=1S/C14H16ClN3OS3/c1-2-7-20-13-17-18-14(22-13)21-9-12(19)16-8-10-3-5-11(15)6-4-10/h3-6H,2,7-9H2,1H3,(H,16,19). The highest BCUT2D eigenvalue weighted by molar-refractivity contribution is 8.03. The van der Waals surface area contributed by atoms with Crippen LogP contribution in [0.3, 0.4) is 0 Å². The summed E-state index contributed by atoms with van der Waals surface area (Å²) < 4.78 is 1.80. The van der Waals surface area contributed by atoms with Crippen molar-refractivity contribution in [1.82, 2.24) is 15.5 Å². The lowest BCUT2D eigenvalue weighted by Crippen LogP contribution is -2.24. The summed E-state index contributed by atoms with van der Waals surface area (Å²) in [6, 6.07) is 7.43. The van der Waals surface area contributed by atoms with E-state index in [2.05, 4.69) is 22.4 Å². The maximum atomic E-state index is 11.8. The molecule has 0 aliphatic carbocycles. The molecule has 0 fully saturated rings. The van der Waals surface area contributed by atoms with Crippen LogP contribution in [0, 0.1) is 0 Å². The highest BCUT2D eigenvalue weighted by Crippen LogP contribution is 2.28. The fourth-order valence-electron chi connectivity index (χ4n) is 1.48. The minimum Gasteiger partial charge on any atom is -0.351 e.